The number of hydrogen-bond donors (Lipinski definition) is 3. The molecule has 3 fully saturated rings. The van der Waals surface area contributed by atoms with Crippen LogP contribution in [0.1, 0.15) is 111 Å². The molecule has 0 bridgehead atoms. The Labute approximate surface area is 337 Å². The van der Waals surface area contributed by atoms with Gasteiger partial charge in [-0.3, -0.25) is 39.1 Å². The Hall–Kier alpha value is -5.81. The zero-order valence-electron chi connectivity index (χ0n) is 32.4. The van der Waals surface area contributed by atoms with Gasteiger partial charge in [-0.1, -0.05) is 48.5 Å². The van der Waals surface area contributed by atoms with E-state index < -0.39 is 23.8 Å². The van der Waals surface area contributed by atoms with E-state index in [2.05, 4.69) is 76.2 Å². The third-order valence-corrected chi connectivity index (χ3v) is 13.7. The minimum atomic E-state index is -0.969. The number of carbonyl (C=O) groups is 5. The summed E-state index contributed by atoms with van der Waals surface area (Å²) in [7, 11) is 0. The summed E-state index contributed by atoms with van der Waals surface area (Å²) in [4.78, 5) is 69.8. The fourth-order valence-electron chi connectivity index (χ4n) is 10.6. The fourth-order valence-corrected chi connectivity index (χ4v) is 10.6. The highest BCUT2D eigenvalue weighted by Gasteiger charge is 2.46. The van der Waals surface area contributed by atoms with E-state index in [1.165, 1.54) is 22.3 Å². The number of amides is 5. The minimum absolute atomic E-state index is 0.0246. The Bertz CT molecular complexity index is 2290. The lowest BCUT2D eigenvalue weighted by Gasteiger charge is -2.43. The molecule has 0 radical (unpaired) electrons. The molecular weight excluding hydrogens is 731 g/mol. The molecule has 3 N–H and O–H groups in total. The smallest absolute Gasteiger partial charge is 0.262 e. The maximum Gasteiger partial charge on any atom is 0.262 e. The molecule has 1 saturated carbocycles. The van der Waals surface area contributed by atoms with Gasteiger partial charge in [0.2, 0.25) is 17.7 Å². The van der Waals surface area contributed by atoms with Gasteiger partial charge < -0.3 is 15.3 Å². The number of likely N-dealkylation sites (tertiary alicyclic amines) is 1. The van der Waals surface area contributed by atoms with E-state index in [1.54, 1.807) is 6.07 Å². The van der Waals surface area contributed by atoms with E-state index in [4.69, 9.17) is 0 Å². The standard InChI is InChI=1S/C47H47N5O6/c53-36-15-17-38-30(20-36)10-16-37(27-4-2-1-3-5-27)43(38)28-6-11-33(12-7-28)48-34-25-51(26-34)45(56)29-8-13-35(14-9-29)50-23-31-21-39-40(22-32(31)24-50)47(58)52(46(39)57)41-18-19-42(54)49-44(41)55/h1-7,11-12,15,17,20-22,29,34-35,37,41,43,48,53H,8-10,13-14,16,18-19,23-26H2,(H,49,54,55)/t29?,35?,37-,41?,43+/m1/s1. The predicted molar refractivity (Wildman–Crippen MR) is 216 cm³/mol. The summed E-state index contributed by atoms with van der Waals surface area (Å²) < 4.78 is 0. The lowest BCUT2D eigenvalue weighted by Crippen LogP contribution is -2.58. The van der Waals surface area contributed by atoms with Crippen molar-refractivity contribution in [3.63, 3.8) is 0 Å². The maximum absolute atomic E-state index is 13.6. The molecule has 3 atom stereocenters. The Morgan fingerprint density at radius 2 is 1.40 bits per heavy atom. The fraction of sp³-hybridized carbons (Fsp3) is 0.383. The van der Waals surface area contributed by atoms with Crippen molar-refractivity contribution in [1.29, 1.82) is 0 Å². The van der Waals surface area contributed by atoms with Crippen molar-refractivity contribution in [2.75, 3.05) is 18.4 Å². The number of hydrogen-bond acceptors (Lipinski definition) is 8. The average molecular weight is 778 g/mol. The number of phenols is 1. The number of fused-ring (bicyclic) bond motifs is 3. The van der Waals surface area contributed by atoms with Crippen LogP contribution in [0, 0.1) is 5.92 Å². The lowest BCUT2D eigenvalue weighted by molar-refractivity contribution is -0.141. The number of carbonyl (C=O) groups excluding carboxylic acids is 5. The van der Waals surface area contributed by atoms with Crippen molar-refractivity contribution in [2.24, 2.45) is 5.92 Å². The molecule has 11 heteroatoms. The highest BCUT2D eigenvalue weighted by molar-refractivity contribution is 6.23. The first-order chi connectivity index (χ1) is 28.2. The molecule has 0 aromatic heterocycles. The Morgan fingerprint density at radius 3 is 2.07 bits per heavy atom. The molecule has 10 rings (SSSR count). The number of nitrogens with zero attached hydrogens (tertiary/aromatic N) is 3. The van der Waals surface area contributed by atoms with Crippen LogP contribution in [0.3, 0.4) is 0 Å². The Kier molecular flexibility index (Phi) is 9.15. The van der Waals surface area contributed by atoms with Crippen LogP contribution in [-0.4, -0.2) is 80.6 Å². The number of imide groups is 2. The third kappa shape index (κ3) is 6.45. The maximum atomic E-state index is 13.6. The number of anilines is 1. The average Bonchev–Trinajstić information content (AvgIpc) is 3.75. The topological polar surface area (TPSA) is 139 Å². The summed E-state index contributed by atoms with van der Waals surface area (Å²) in [6.45, 7) is 2.75. The van der Waals surface area contributed by atoms with Crippen molar-refractivity contribution < 1.29 is 29.1 Å². The van der Waals surface area contributed by atoms with Gasteiger partial charge in [-0.05, 0) is 121 Å². The summed E-state index contributed by atoms with van der Waals surface area (Å²) in [5.41, 5.74) is 8.86. The van der Waals surface area contributed by atoms with Crippen molar-refractivity contribution in [1.82, 2.24) is 20.0 Å². The Morgan fingerprint density at radius 1 is 0.707 bits per heavy atom. The third-order valence-electron chi connectivity index (χ3n) is 13.7. The SMILES string of the molecule is O=C1CCC(N2C(=O)c3cc4c(cc3C2=O)CN(C2CCC(C(=O)N3CC(Nc5ccc([C@@H]6c7ccc(O)cc7CC[C@@H]6c6ccccc6)cc5)C3)CC2)C4)C(=O)N1. The molecule has 5 amide bonds. The van der Waals surface area contributed by atoms with E-state index in [1.807, 2.05) is 23.1 Å². The van der Waals surface area contributed by atoms with E-state index in [9.17, 15) is 29.1 Å². The molecule has 2 aliphatic carbocycles. The molecule has 4 aromatic carbocycles. The number of phenolic OH excluding ortho intramolecular Hbond substituents is 1. The van der Waals surface area contributed by atoms with Crippen LogP contribution in [0.4, 0.5) is 5.69 Å². The molecule has 4 heterocycles. The number of piperidine rings is 1. The molecule has 296 valence electrons. The minimum Gasteiger partial charge on any atom is -0.508 e. The molecule has 58 heavy (non-hydrogen) atoms. The summed E-state index contributed by atoms with van der Waals surface area (Å²) in [6, 6.07) is 28.5. The normalized spacial score (nSPS) is 25.8. The largest absolute Gasteiger partial charge is 0.508 e. The van der Waals surface area contributed by atoms with Gasteiger partial charge in [-0.15, -0.1) is 0 Å². The lowest BCUT2D eigenvalue weighted by atomic mass is 9.69. The summed E-state index contributed by atoms with van der Waals surface area (Å²) in [5.74, 6) is -0.797. The van der Waals surface area contributed by atoms with E-state index in [0.717, 1.165) is 60.2 Å². The second-order valence-corrected chi connectivity index (χ2v) is 17.1. The quantitative estimate of drug-likeness (QED) is 0.199. The first kappa shape index (κ1) is 36.5. The van der Waals surface area contributed by atoms with Crippen molar-refractivity contribution >= 4 is 35.2 Å². The molecule has 1 unspecified atom stereocenters. The van der Waals surface area contributed by atoms with Gasteiger partial charge in [0, 0.05) is 56.2 Å². The number of benzene rings is 4. The predicted octanol–water partition coefficient (Wildman–Crippen LogP) is 5.85. The summed E-state index contributed by atoms with van der Waals surface area (Å²) in [6.07, 6.45) is 5.73. The van der Waals surface area contributed by atoms with Gasteiger partial charge in [-0.25, -0.2) is 0 Å². The Balaban J connectivity index is 0.716. The van der Waals surface area contributed by atoms with Crippen LogP contribution in [0.2, 0.25) is 0 Å². The van der Waals surface area contributed by atoms with Gasteiger partial charge in [0.1, 0.15) is 11.8 Å². The van der Waals surface area contributed by atoms with Crippen LogP contribution in [0.15, 0.2) is 84.9 Å². The zero-order valence-corrected chi connectivity index (χ0v) is 32.4. The monoisotopic (exact) mass is 777 g/mol. The molecular formula is C47H47N5O6. The van der Waals surface area contributed by atoms with Crippen LogP contribution in [0.25, 0.3) is 0 Å². The molecule has 2 saturated heterocycles. The number of aryl methyl sites for hydroxylation is 1. The molecule has 11 nitrogen and oxygen atoms in total. The van der Waals surface area contributed by atoms with Crippen molar-refractivity contribution in [3.8, 4) is 5.75 Å². The molecule has 4 aliphatic heterocycles. The highest BCUT2D eigenvalue weighted by Crippen LogP contribution is 2.47. The number of nitrogens with one attached hydrogen (secondary N) is 2. The first-order valence-electron chi connectivity index (χ1n) is 20.8. The second-order valence-electron chi connectivity index (χ2n) is 17.1. The molecule has 4 aromatic rings. The van der Waals surface area contributed by atoms with Gasteiger partial charge in [0.15, 0.2) is 0 Å². The molecule has 0 spiro atoms. The molecule has 6 aliphatic rings. The van der Waals surface area contributed by atoms with Gasteiger partial charge in [-0.2, -0.15) is 0 Å². The van der Waals surface area contributed by atoms with Crippen LogP contribution >= 0.6 is 0 Å². The van der Waals surface area contributed by atoms with Gasteiger partial charge >= 0.3 is 0 Å². The number of rotatable bonds is 7. The van der Waals surface area contributed by atoms with Gasteiger partial charge in [0.25, 0.3) is 11.8 Å². The zero-order chi connectivity index (χ0) is 39.7. The number of aromatic hydroxyl groups is 1. The van der Waals surface area contributed by atoms with Crippen LogP contribution < -0.4 is 10.6 Å². The van der Waals surface area contributed by atoms with Crippen molar-refractivity contribution in [3.05, 3.63) is 129 Å². The van der Waals surface area contributed by atoms with Gasteiger partial charge in [0.05, 0.1) is 17.2 Å². The van der Waals surface area contributed by atoms with Crippen LogP contribution in [-0.2, 0) is 33.9 Å². The second kappa shape index (κ2) is 14.5. The van der Waals surface area contributed by atoms with E-state index >= 15 is 0 Å². The van der Waals surface area contributed by atoms with Crippen molar-refractivity contribution in [2.45, 2.75) is 94.4 Å². The highest BCUT2D eigenvalue weighted by atomic mass is 16.3. The van der Waals surface area contributed by atoms with Crippen LogP contribution in [0.5, 0.6) is 5.75 Å². The first-order valence-corrected chi connectivity index (χ1v) is 20.8. The summed E-state index contributed by atoms with van der Waals surface area (Å²) in [5, 5.41) is 16.1. The summed E-state index contributed by atoms with van der Waals surface area (Å²) >= 11 is 0. The van der Waals surface area contributed by atoms with E-state index in [0.29, 0.717) is 55.0 Å². The van der Waals surface area contributed by atoms with E-state index in [-0.39, 0.29) is 42.5 Å².